The third-order valence-corrected chi connectivity index (χ3v) is 3.23. The Morgan fingerprint density at radius 1 is 1.43 bits per heavy atom. The van der Waals surface area contributed by atoms with E-state index in [2.05, 4.69) is 15.9 Å². The van der Waals surface area contributed by atoms with Crippen molar-refractivity contribution in [2.24, 2.45) is 5.73 Å². The van der Waals surface area contributed by atoms with Crippen LogP contribution in [0.4, 0.5) is 0 Å². The fourth-order valence-electron chi connectivity index (χ4n) is 1.29. The molecule has 0 saturated carbocycles. The Kier molecular flexibility index (Phi) is 3.53. The van der Waals surface area contributed by atoms with E-state index in [1.165, 1.54) is 6.07 Å². The Balaban J connectivity index is 3.17. The van der Waals surface area contributed by atoms with E-state index in [0.717, 1.165) is 11.1 Å². The van der Waals surface area contributed by atoms with Crippen LogP contribution in [0, 0.1) is 6.92 Å². The van der Waals surface area contributed by atoms with Crippen molar-refractivity contribution in [1.82, 2.24) is 0 Å². The predicted octanol–water partition coefficient (Wildman–Crippen LogP) is 1.84. The summed E-state index contributed by atoms with van der Waals surface area (Å²) in [5.41, 5.74) is 7.15. The summed E-state index contributed by atoms with van der Waals surface area (Å²) in [5.74, 6) is 0.170. The Hall–Kier alpha value is -0.580. The van der Waals surface area contributed by atoms with Crippen molar-refractivity contribution in [1.29, 1.82) is 0 Å². The third kappa shape index (κ3) is 2.08. The van der Waals surface area contributed by atoms with Crippen LogP contribution < -0.4 is 5.73 Å². The number of phenolic OH excluding ortho intramolecular Hbond substituents is 1. The highest BCUT2D eigenvalue weighted by Gasteiger charge is 2.17. The summed E-state index contributed by atoms with van der Waals surface area (Å²) in [6, 6.07) is 2.90. The van der Waals surface area contributed by atoms with Crippen molar-refractivity contribution in [3.8, 4) is 5.75 Å². The summed E-state index contributed by atoms with van der Waals surface area (Å²) >= 11 is 3.25. The largest absolute Gasteiger partial charge is 0.507 e. The maximum Gasteiger partial charge on any atom is 0.130 e. The first-order valence-electron chi connectivity index (χ1n) is 4.36. The van der Waals surface area contributed by atoms with Crippen LogP contribution in [0.1, 0.15) is 24.2 Å². The van der Waals surface area contributed by atoms with Crippen molar-refractivity contribution in [3.63, 3.8) is 0 Å². The van der Waals surface area contributed by atoms with Crippen molar-refractivity contribution in [3.05, 3.63) is 27.7 Å². The second-order valence-corrected chi connectivity index (χ2v) is 4.21. The van der Waals surface area contributed by atoms with E-state index < -0.39 is 6.10 Å². The quantitative estimate of drug-likeness (QED) is 0.760. The SMILES string of the molecule is Cc1c(C(O)C(C)N)ccc(O)c1Br. The molecule has 1 aromatic carbocycles. The zero-order chi connectivity index (χ0) is 10.9. The second kappa shape index (κ2) is 4.29. The minimum absolute atomic E-state index is 0.170. The molecule has 0 radical (unpaired) electrons. The van der Waals surface area contributed by atoms with E-state index in [4.69, 9.17) is 5.73 Å². The van der Waals surface area contributed by atoms with Gasteiger partial charge in [-0.05, 0) is 47.0 Å². The molecule has 78 valence electrons. The number of aliphatic hydroxyl groups is 1. The summed E-state index contributed by atoms with van der Waals surface area (Å²) < 4.78 is 0.606. The van der Waals surface area contributed by atoms with Gasteiger partial charge in [0.15, 0.2) is 0 Å². The maximum atomic E-state index is 9.77. The monoisotopic (exact) mass is 259 g/mol. The van der Waals surface area contributed by atoms with Crippen LogP contribution in [-0.4, -0.2) is 16.3 Å². The lowest BCUT2D eigenvalue weighted by molar-refractivity contribution is 0.152. The average Bonchev–Trinajstić information content (AvgIpc) is 2.13. The molecular weight excluding hydrogens is 246 g/mol. The van der Waals surface area contributed by atoms with Gasteiger partial charge in [0, 0.05) is 6.04 Å². The van der Waals surface area contributed by atoms with Gasteiger partial charge in [0.25, 0.3) is 0 Å². The smallest absolute Gasteiger partial charge is 0.130 e. The molecule has 1 aromatic rings. The molecule has 2 atom stereocenters. The minimum atomic E-state index is -0.702. The van der Waals surface area contributed by atoms with E-state index in [9.17, 15) is 10.2 Å². The van der Waals surface area contributed by atoms with Crippen LogP contribution in [0.3, 0.4) is 0 Å². The van der Waals surface area contributed by atoms with Crippen molar-refractivity contribution < 1.29 is 10.2 Å². The van der Waals surface area contributed by atoms with E-state index in [1.807, 2.05) is 6.92 Å². The fraction of sp³-hybridized carbons (Fsp3) is 0.400. The van der Waals surface area contributed by atoms with Crippen molar-refractivity contribution in [2.45, 2.75) is 26.0 Å². The molecule has 0 saturated heterocycles. The standard InChI is InChI=1S/C10H14BrNO2/c1-5-7(10(14)6(2)12)3-4-8(13)9(5)11/h3-4,6,10,13-14H,12H2,1-2H3. The van der Waals surface area contributed by atoms with Gasteiger partial charge in [-0.25, -0.2) is 0 Å². The van der Waals surface area contributed by atoms with Gasteiger partial charge in [0.05, 0.1) is 10.6 Å². The Bertz CT molecular complexity index is 339. The molecule has 0 aliphatic carbocycles. The first kappa shape index (κ1) is 11.5. The lowest BCUT2D eigenvalue weighted by atomic mass is 9.99. The zero-order valence-electron chi connectivity index (χ0n) is 8.16. The molecule has 3 nitrogen and oxygen atoms in total. The van der Waals surface area contributed by atoms with Gasteiger partial charge in [-0.3, -0.25) is 0 Å². The summed E-state index contributed by atoms with van der Waals surface area (Å²) in [5, 5.41) is 19.2. The lowest BCUT2D eigenvalue weighted by Crippen LogP contribution is -2.25. The van der Waals surface area contributed by atoms with E-state index in [0.29, 0.717) is 4.47 Å². The van der Waals surface area contributed by atoms with Crippen molar-refractivity contribution >= 4 is 15.9 Å². The predicted molar refractivity (Wildman–Crippen MR) is 59.2 cm³/mol. The molecule has 1 rings (SSSR count). The number of nitrogens with two attached hydrogens (primary N) is 1. The van der Waals surface area contributed by atoms with Crippen LogP contribution >= 0.6 is 15.9 Å². The molecular formula is C10H14BrNO2. The zero-order valence-corrected chi connectivity index (χ0v) is 9.75. The third-order valence-electron chi connectivity index (χ3n) is 2.22. The second-order valence-electron chi connectivity index (χ2n) is 3.42. The highest BCUT2D eigenvalue weighted by molar-refractivity contribution is 9.10. The Labute approximate surface area is 91.7 Å². The van der Waals surface area contributed by atoms with Gasteiger partial charge in [-0.2, -0.15) is 0 Å². The van der Waals surface area contributed by atoms with E-state index >= 15 is 0 Å². The highest BCUT2D eigenvalue weighted by atomic mass is 79.9. The average molecular weight is 260 g/mol. The first-order valence-corrected chi connectivity index (χ1v) is 5.16. The number of halogens is 1. The summed E-state index contributed by atoms with van der Waals surface area (Å²) in [7, 11) is 0. The van der Waals surface area contributed by atoms with Gasteiger partial charge in [-0.15, -0.1) is 0 Å². The summed E-state index contributed by atoms with van der Waals surface area (Å²) in [4.78, 5) is 0. The molecule has 0 amide bonds. The molecule has 0 aliphatic rings. The van der Waals surface area contributed by atoms with E-state index in [-0.39, 0.29) is 11.8 Å². The highest BCUT2D eigenvalue weighted by Crippen LogP contribution is 2.32. The van der Waals surface area contributed by atoms with Crippen LogP contribution in [0.2, 0.25) is 0 Å². The fourth-order valence-corrected chi connectivity index (χ4v) is 1.65. The number of aromatic hydroxyl groups is 1. The first-order chi connectivity index (χ1) is 6.45. The van der Waals surface area contributed by atoms with Crippen LogP contribution in [-0.2, 0) is 0 Å². The molecule has 0 aromatic heterocycles. The molecule has 0 aliphatic heterocycles. The van der Waals surface area contributed by atoms with Gasteiger partial charge < -0.3 is 15.9 Å². The molecule has 0 fully saturated rings. The van der Waals surface area contributed by atoms with Gasteiger partial charge in [0.1, 0.15) is 5.75 Å². The number of hydrogen-bond donors (Lipinski definition) is 3. The Morgan fingerprint density at radius 2 is 2.00 bits per heavy atom. The molecule has 14 heavy (non-hydrogen) atoms. The summed E-state index contributed by atoms with van der Waals surface area (Å²) in [6.07, 6.45) is -0.702. The van der Waals surface area contributed by atoms with Gasteiger partial charge >= 0.3 is 0 Å². The number of phenols is 1. The molecule has 2 unspecified atom stereocenters. The normalized spacial score (nSPS) is 15.2. The molecule has 0 bridgehead atoms. The molecule has 0 spiro atoms. The van der Waals surface area contributed by atoms with Crippen molar-refractivity contribution in [2.75, 3.05) is 0 Å². The molecule has 4 heteroatoms. The topological polar surface area (TPSA) is 66.5 Å². The number of rotatable bonds is 2. The van der Waals surface area contributed by atoms with Crippen LogP contribution in [0.15, 0.2) is 16.6 Å². The van der Waals surface area contributed by atoms with Gasteiger partial charge in [0.2, 0.25) is 0 Å². The molecule has 4 N–H and O–H groups in total. The van der Waals surface area contributed by atoms with E-state index in [1.54, 1.807) is 13.0 Å². The van der Waals surface area contributed by atoms with Crippen LogP contribution in [0.5, 0.6) is 5.75 Å². The van der Waals surface area contributed by atoms with Crippen LogP contribution in [0.25, 0.3) is 0 Å². The lowest BCUT2D eigenvalue weighted by Gasteiger charge is -2.18. The molecule has 0 heterocycles. The maximum absolute atomic E-state index is 9.77. The minimum Gasteiger partial charge on any atom is -0.507 e. The Morgan fingerprint density at radius 3 is 2.50 bits per heavy atom. The van der Waals surface area contributed by atoms with Gasteiger partial charge in [-0.1, -0.05) is 6.07 Å². The number of aliphatic hydroxyl groups excluding tert-OH is 1. The number of hydrogen-bond acceptors (Lipinski definition) is 3. The summed E-state index contributed by atoms with van der Waals surface area (Å²) in [6.45, 7) is 3.57. The number of benzene rings is 1.